The lowest BCUT2D eigenvalue weighted by molar-refractivity contribution is 0.283. The van der Waals surface area contributed by atoms with Crippen molar-refractivity contribution in [3.63, 3.8) is 0 Å². The molecule has 0 aromatic heterocycles. The second-order valence-electron chi connectivity index (χ2n) is 4.63. The van der Waals surface area contributed by atoms with Crippen LogP contribution in [0.5, 0.6) is 23.0 Å². The molecule has 0 aliphatic carbocycles. The molecule has 2 aromatic carbocycles. The van der Waals surface area contributed by atoms with Crippen LogP contribution in [0.15, 0.2) is 36.4 Å². The normalized spacial score (nSPS) is 10.1. The summed E-state index contributed by atoms with van der Waals surface area (Å²) in [5.74, 6) is 2.84. The van der Waals surface area contributed by atoms with E-state index in [-0.39, 0.29) is 0 Å². The Bertz CT molecular complexity index is 608. The Labute approximate surface area is 125 Å². The summed E-state index contributed by atoms with van der Waals surface area (Å²) in [5.41, 5.74) is 2.13. The molecule has 4 heteroatoms. The van der Waals surface area contributed by atoms with Gasteiger partial charge in [0.2, 0.25) is 0 Å². The number of hydrogen-bond donors (Lipinski definition) is 0. The quantitative estimate of drug-likeness (QED) is 0.814. The molecule has 0 fully saturated rings. The molecule has 112 valence electrons. The SMILES string of the molecule is COc1ccc(COc2ccc(C)cc2OC)cc1OC. The zero-order chi connectivity index (χ0) is 15.2. The minimum Gasteiger partial charge on any atom is -0.493 e. The van der Waals surface area contributed by atoms with Crippen molar-refractivity contribution in [1.82, 2.24) is 0 Å². The summed E-state index contributed by atoms with van der Waals surface area (Å²) < 4.78 is 21.6. The van der Waals surface area contributed by atoms with Crippen molar-refractivity contribution in [1.29, 1.82) is 0 Å². The molecule has 0 saturated heterocycles. The molecule has 0 aliphatic heterocycles. The topological polar surface area (TPSA) is 36.9 Å². The van der Waals surface area contributed by atoms with Gasteiger partial charge in [-0.2, -0.15) is 0 Å². The maximum atomic E-state index is 5.82. The van der Waals surface area contributed by atoms with E-state index < -0.39 is 0 Å². The average molecular weight is 288 g/mol. The zero-order valence-electron chi connectivity index (χ0n) is 12.8. The Hall–Kier alpha value is -2.36. The average Bonchev–Trinajstić information content (AvgIpc) is 2.53. The van der Waals surface area contributed by atoms with Gasteiger partial charge in [-0.3, -0.25) is 0 Å². The molecule has 2 rings (SSSR count). The van der Waals surface area contributed by atoms with Gasteiger partial charge in [0.1, 0.15) is 6.61 Å². The number of ether oxygens (including phenoxy) is 4. The maximum absolute atomic E-state index is 5.82. The number of hydrogen-bond acceptors (Lipinski definition) is 4. The van der Waals surface area contributed by atoms with E-state index in [2.05, 4.69) is 0 Å². The van der Waals surface area contributed by atoms with Gasteiger partial charge < -0.3 is 18.9 Å². The predicted molar refractivity (Wildman–Crippen MR) is 81.6 cm³/mol. The number of methoxy groups -OCH3 is 3. The van der Waals surface area contributed by atoms with E-state index in [1.807, 2.05) is 43.3 Å². The van der Waals surface area contributed by atoms with Crippen molar-refractivity contribution in [3.8, 4) is 23.0 Å². The largest absolute Gasteiger partial charge is 0.493 e. The lowest BCUT2D eigenvalue weighted by atomic mass is 10.2. The standard InChI is InChI=1S/C17H20O4/c1-12-5-7-15(16(9-12)19-3)21-11-13-6-8-14(18-2)17(10-13)20-4/h5-10H,11H2,1-4H3. The fraction of sp³-hybridized carbons (Fsp3) is 0.294. The molecule has 0 spiro atoms. The number of benzene rings is 2. The van der Waals surface area contributed by atoms with Crippen LogP contribution in [0.25, 0.3) is 0 Å². The molecular formula is C17H20O4. The van der Waals surface area contributed by atoms with Crippen LogP contribution in [-0.2, 0) is 6.61 Å². The van der Waals surface area contributed by atoms with Gasteiger partial charge in [-0.25, -0.2) is 0 Å². The van der Waals surface area contributed by atoms with Crippen molar-refractivity contribution in [3.05, 3.63) is 47.5 Å². The highest BCUT2D eigenvalue weighted by Gasteiger charge is 2.07. The summed E-state index contributed by atoms with van der Waals surface area (Å²) in [6.07, 6.45) is 0. The minimum atomic E-state index is 0.430. The lowest BCUT2D eigenvalue weighted by Crippen LogP contribution is -1.99. The third-order valence-corrected chi connectivity index (χ3v) is 3.16. The molecule has 0 heterocycles. The van der Waals surface area contributed by atoms with Gasteiger partial charge >= 0.3 is 0 Å². The summed E-state index contributed by atoms with van der Waals surface area (Å²) in [4.78, 5) is 0. The van der Waals surface area contributed by atoms with Crippen molar-refractivity contribution in [2.75, 3.05) is 21.3 Å². The number of rotatable bonds is 6. The molecule has 0 aliphatic rings. The van der Waals surface area contributed by atoms with E-state index in [1.54, 1.807) is 21.3 Å². The van der Waals surface area contributed by atoms with Gasteiger partial charge in [0.25, 0.3) is 0 Å². The Kier molecular flexibility index (Phi) is 4.93. The van der Waals surface area contributed by atoms with Crippen molar-refractivity contribution in [2.45, 2.75) is 13.5 Å². The fourth-order valence-corrected chi connectivity index (χ4v) is 2.03. The van der Waals surface area contributed by atoms with Crippen LogP contribution in [0.2, 0.25) is 0 Å². The van der Waals surface area contributed by atoms with E-state index in [0.717, 1.165) is 22.6 Å². The highest BCUT2D eigenvalue weighted by atomic mass is 16.5. The highest BCUT2D eigenvalue weighted by Crippen LogP contribution is 2.30. The molecule has 0 radical (unpaired) electrons. The molecule has 21 heavy (non-hydrogen) atoms. The summed E-state index contributed by atoms with van der Waals surface area (Å²) in [7, 11) is 4.87. The Balaban J connectivity index is 2.13. The van der Waals surface area contributed by atoms with Gasteiger partial charge in [-0.1, -0.05) is 12.1 Å². The number of aryl methyl sites for hydroxylation is 1. The molecular weight excluding hydrogens is 268 g/mol. The van der Waals surface area contributed by atoms with Gasteiger partial charge in [-0.15, -0.1) is 0 Å². The lowest BCUT2D eigenvalue weighted by Gasteiger charge is -2.13. The summed E-state index contributed by atoms with van der Waals surface area (Å²) >= 11 is 0. The van der Waals surface area contributed by atoms with E-state index >= 15 is 0 Å². The smallest absolute Gasteiger partial charge is 0.161 e. The van der Waals surface area contributed by atoms with E-state index in [4.69, 9.17) is 18.9 Å². The third-order valence-electron chi connectivity index (χ3n) is 3.16. The van der Waals surface area contributed by atoms with Crippen LogP contribution in [0.1, 0.15) is 11.1 Å². The second kappa shape index (κ2) is 6.88. The molecule has 0 unspecified atom stereocenters. The van der Waals surface area contributed by atoms with Gasteiger partial charge in [0.05, 0.1) is 21.3 Å². The summed E-state index contributed by atoms with van der Waals surface area (Å²) in [6.45, 7) is 2.44. The fourth-order valence-electron chi connectivity index (χ4n) is 2.03. The van der Waals surface area contributed by atoms with Crippen molar-refractivity contribution < 1.29 is 18.9 Å². The molecule has 0 atom stereocenters. The Morgan fingerprint density at radius 2 is 1.33 bits per heavy atom. The van der Waals surface area contributed by atoms with Crippen LogP contribution < -0.4 is 18.9 Å². The molecule has 4 nitrogen and oxygen atoms in total. The first-order chi connectivity index (χ1) is 10.2. The summed E-state index contributed by atoms with van der Waals surface area (Å²) in [6, 6.07) is 11.6. The predicted octanol–water partition coefficient (Wildman–Crippen LogP) is 3.60. The van der Waals surface area contributed by atoms with Gasteiger partial charge in [0.15, 0.2) is 23.0 Å². The first kappa shape index (κ1) is 15.0. The molecule has 0 saturated carbocycles. The van der Waals surface area contributed by atoms with Crippen LogP contribution in [-0.4, -0.2) is 21.3 Å². The van der Waals surface area contributed by atoms with Crippen molar-refractivity contribution >= 4 is 0 Å². The van der Waals surface area contributed by atoms with Crippen LogP contribution in [0.4, 0.5) is 0 Å². The second-order valence-corrected chi connectivity index (χ2v) is 4.63. The van der Waals surface area contributed by atoms with E-state index in [9.17, 15) is 0 Å². The Morgan fingerprint density at radius 1 is 0.714 bits per heavy atom. The molecule has 0 N–H and O–H groups in total. The first-order valence-corrected chi connectivity index (χ1v) is 6.66. The van der Waals surface area contributed by atoms with Crippen LogP contribution in [0.3, 0.4) is 0 Å². The molecule has 0 amide bonds. The van der Waals surface area contributed by atoms with Crippen molar-refractivity contribution in [2.24, 2.45) is 0 Å². The van der Waals surface area contributed by atoms with Crippen LogP contribution in [0, 0.1) is 6.92 Å². The first-order valence-electron chi connectivity index (χ1n) is 6.66. The van der Waals surface area contributed by atoms with Gasteiger partial charge in [-0.05, 0) is 42.3 Å². The summed E-state index contributed by atoms with van der Waals surface area (Å²) in [5, 5.41) is 0. The highest BCUT2D eigenvalue weighted by molar-refractivity contribution is 5.44. The van der Waals surface area contributed by atoms with E-state index in [1.165, 1.54) is 0 Å². The van der Waals surface area contributed by atoms with Gasteiger partial charge in [0, 0.05) is 0 Å². The van der Waals surface area contributed by atoms with E-state index in [0.29, 0.717) is 18.1 Å². The zero-order valence-corrected chi connectivity index (χ0v) is 12.8. The third kappa shape index (κ3) is 3.60. The molecule has 2 aromatic rings. The maximum Gasteiger partial charge on any atom is 0.161 e. The molecule has 0 bridgehead atoms. The van der Waals surface area contributed by atoms with Crippen LogP contribution >= 0.6 is 0 Å². The minimum absolute atomic E-state index is 0.430. The Morgan fingerprint density at radius 3 is 2.00 bits per heavy atom. The monoisotopic (exact) mass is 288 g/mol.